The zero-order valence-corrected chi connectivity index (χ0v) is 13.1. The molecule has 1 N–H and O–H groups in total. The summed E-state index contributed by atoms with van der Waals surface area (Å²) in [6, 6.07) is 6.73. The zero-order chi connectivity index (χ0) is 13.8. The molecule has 1 aromatic carbocycles. The number of likely N-dealkylation sites (tertiary alicyclic amines) is 1. The lowest BCUT2D eigenvalue weighted by Gasteiger charge is -2.26. The Labute approximate surface area is 126 Å². The summed E-state index contributed by atoms with van der Waals surface area (Å²) in [5, 5.41) is 4.82. The van der Waals surface area contributed by atoms with Crippen molar-refractivity contribution in [3.8, 4) is 0 Å². The van der Waals surface area contributed by atoms with Crippen molar-refractivity contribution >= 4 is 23.2 Å². The normalized spacial score (nSPS) is 19.6. The van der Waals surface area contributed by atoms with Gasteiger partial charge in [-0.2, -0.15) is 0 Å². The summed E-state index contributed by atoms with van der Waals surface area (Å²) in [4.78, 5) is 2.55. The lowest BCUT2D eigenvalue weighted by atomic mass is 10.1. The van der Waals surface area contributed by atoms with Crippen LogP contribution in [-0.4, -0.2) is 30.6 Å². The van der Waals surface area contributed by atoms with Crippen molar-refractivity contribution in [2.24, 2.45) is 0 Å². The minimum absolute atomic E-state index is 0.291. The largest absolute Gasteiger partial charge is 0.309 e. The average Bonchev–Trinajstić information content (AvgIpc) is 2.92. The number of nitrogens with one attached hydrogen (secondary N) is 1. The lowest BCUT2D eigenvalue weighted by Crippen LogP contribution is -2.39. The van der Waals surface area contributed by atoms with E-state index in [4.69, 9.17) is 23.2 Å². The van der Waals surface area contributed by atoms with Gasteiger partial charge in [0.25, 0.3) is 0 Å². The molecule has 2 rings (SSSR count). The SMILES string of the molecule is CC(NCC(C)N1CCCC1)c1ccc(Cl)c(Cl)c1. The second-order valence-electron chi connectivity index (χ2n) is 5.40. The maximum Gasteiger partial charge on any atom is 0.0595 e. The molecule has 0 bridgehead atoms. The van der Waals surface area contributed by atoms with E-state index in [0.717, 1.165) is 6.54 Å². The molecule has 2 nitrogen and oxygen atoms in total. The molecule has 0 aromatic heterocycles. The third-order valence-corrected chi connectivity index (χ3v) is 4.67. The molecule has 0 radical (unpaired) electrons. The van der Waals surface area contributed by atoms with Crippen LogP contribution in [0.1, 0.15) is 38.3 Å². The van der Waals surface area contributed by atoms with E-state index in [1.807, 2.05) is 18.2 Å². The molecule has 1 aliphatic rings. The van der Waals surface area contributed by atoms with Gasteiger partial charge in [-0.3, -0.25) is 4.90 Å². The highest BCUT2D eigenvalue weighted by molar-refractivity contribution is 6.42. The third-order valence-electron chi connectivity index (χ3n) is 3.93. The van der Waals surface area contributed by atoms with Gasteiger partial charge in [0, 0.05) is 18.6 Å². The van der Waals surface area contributed by atoms with Gasteiger partial charge in [0.2, 0.25) is 0 Å². The molecule has 1 aliphatic heterocycles. The summed E-state index contributed by atoms with van der Waals surface area (Å²) in [5.74, 6) is 0. The first kappa shape index (κ1) is 15.1. The Morgan fingerprint density at radius 2 is 1.84 bits per heavy atom. The first-order valence-electron chi connectivity index (χ1n) is 7.00. The van der Waals surface area contributed by atoms with Gasteiger partial charge in [-0.05, 0) is 57.5 Å². The van der Waals surface area contributed by atoms with E-state index in [-0.39, 0.29) is 0 Å². The van der Waals surface area contributed by atoms with Crippen LogP contribution in [-0.2, 0) is 0 Å². The molecule has 106 valence electrons. The van der Waals surface area contributed by atoms with Crippen LogP contribution in [0.25, 0.3) is 0 Å². The predicted molar refractivity (Wildman–Crippen MR) is 83.1 cm³/mol. The molecule has 0 spiro atoms. The van der Waals surface area contributed by atoms with E-state index < -0.39 is 0 Å². The number of hydrogen-bond acceptors (Lipinski definition) is 2. The van der Waals surface area contributed by atoms with Gasteiger partial charge in [-0.25, -0.2) is 0 Å². The van der Waals surface area contributed by atoms with E-state index in [1.54, 1.807) is 0 Å². The molecule has 4 heteroatoms. The Balaban J connectivity index is 1.86. The van der Waals surface area contributed by atoms with Crippen LogP contribution in [0, 0.1) is 0 Å². The smallest absolute Gasteiger partial charge is 0.0595 e. The number of nitrogens with zero attached hydrogens (tertiary/aromatic N) is 1. The molecule has 0 amide bonds. The molecule has 1 fully saturated rings. The summed E-state index contributed by atoms with van der Waals surface area (Å²) in [6.45, 7) is 7.94. The average molecular weight is 301 g/mol. The van der Waals surface area contributed by atoms with Crippen LogP contribution >= 0.6 is 23.2 Å². The van der Waals surface area contributed by atoms with Gasteiger partial charge in [-0.1, -0.05) is 29.3 Å². The molecule has 1 saturated heterocycles. The van der Waals surface area contributed by atoms with Crippen LogP contribution in [0.5, 0.6) is 0 Å². The van der Waals surface area contributed by atoms with Crippen molar-refractivity contribution in [3.63, 3.8) is 0 Å². The van der Waals surface area contributed by atoms with Crippen molar-refractivity contribution in [1.82, 2.24) is 10.2 Å². The molecular formula is C15H22Cl2N2. The second-order valence-corrected chi connectivity index (χ2v) is 6.21. The lowest BCUT2D eigenvalue weighted by molar-refractivity contribution is 0.247. The van der Waals surface area contributed by atoms with E-state index >= 15 is 0 Å². The minimum Gasteiger partial charge on any atom is -0.309 e. The van der Waals surface area contributed by atoms with E-state index in [9.17, 15) is 0 Å². The summed E-state index contributed by atoms with van der Waals surface area (Å²) in [7, 11) is 0. The van der Waals surface area contributed by atoms with Gasteiger partial charge >= 0.3 is 0 Å². The fourth-order valence-electron chi connectivity index (χ4n) is 2.56. The van der Waals surface area contributed by atoms with Crippen molar-refractivity contribution in [2.45, 2.75) is 38.8 Å². The second kappa shape index (κ2) is 6.94. The molecule has 19 heavy (non-hydrogen) atoms. The Bertz CT molecular complexity index is 417. The van der Waals surface area contributed by atoms with Crippen molar-refractivity contribution in [2.75, 3.05) is 19.6 Å². The fourth-order valence-corrected chi connectivity index (χ4v) is 2.86. The van der Waals surface area contributed by atoms with Crippen molar-refractivity contribution < 1.29 is 0 Å². The molecule has 2 unspecified atom stereocenters. The fraction of sp³-hybridized carbons (Fsp3) is 0.600. The first-order chi connectivity index (χ1) is 9.08. The third kappa shape index (κ3) is 4.09. The van der Waals surface area contributed by atoms with Crippen LogP contribution < -0.4 is 5.32 Å². The summed E-state index contributed by atoms with van der Waals surface area (Å²) in [5.41, 5.74) is 1.18. The van der Waals surface area contributed by atoms with Crippen molar-refractivity contribution in [1.29, 1.82) is 0 Å². The van der Waals surface area contributed by atoms with Crippen LogP contribution in [0.4, 0.5) is 0 Å². The molecule has 1 heterocycles. The maximum absolute atomic E-state index is 6.06. The summed E-state index contributed by atoms with van der Waals surface area (Å²) in [6.07, 6.45) is 2.68. The number of halogens is 2. The van der Waals surface area contributed by atoms with E-state index in [1.165, 1.54) is 31.5 Å². The number of benzene rings is 1. The van der Waals surface area contributed by atoms with E-state index in [0.29, 0.717) is 22.1 Å². The highest BCUT2D eigenvalue weighted by Crippen LogP contribution is 2.25. The Morgan fingerprint density at radius 1 is 1.16 bits per heavy atom. The maximum atomic E-state index is 6.06. The standard InChI is InChI=1S/C15H22Cl2N2/c1-11(19-7-3-4-8-19)10-18-12(2)13-5-6-14(16)15(17)9-13/h5-6,9,11-12,18H,3-4,7-8,10H2,1-2H3. The molecular weight excluding hydrogens is 279 g/mol. The highest BCUT2D eigenvalue weighted by Gasteiger charge is 2.18. The first-order valence-corrected chi connectivity index (χ1v) is 7.76. The molecule has 2 atom stereocenters. The van der Waals surface area contributed by atoms with Gasteiger partial charge in [-0.15, -0.1) is 0 Å². The van der Waals surface area contributed by atoms with Crippen LogP contribution in [0.3, 0.4) is 0 Å². The molecule has 0 aliphatic carbocycles. The number of rotatable bonds is 5. The number of hydrogen-bond donors (Lipinski definition) is 1. The van der Waals surface area contributed by atoms with Gasteiger partial charge in [0.05, 0.1) is 10.0 Å². The Hall–Kier alpha value is -0.280. The highest BCUT2D eigenvalue weighted by atomic mass is 35.5. The Morgan fingerprint density at radius 3 is 2.47 bits per heavy atom. The predicted octanol–water partition coefficient (Wildman–Crippen LogP) is 4.13. The van der Waals surface area contributed by atoms with Crippen LogP contribution in [0.2, 0.25) is 10.0 Å². The van der Waals surface area contributed by atoms with Gasteiger partial charge in [0.1, 0.15) is 0 Å². The van der Waals surface area contributed by atoms with Crippen LogP contribution in [0.15, 0.2) is 18.2 Å². The van der Waals surface area contributed by atoms with Crippen molar-refractivity contribution in [3.05, 3.63) is 33.8 Å². The minimum atomic E-state index is 0.291. The molecule has 1 aromatic rings. The zero-order valence-electron chi connectivity index (χ0n) is 11.6. The Kier molecular flexibility index (Phi) is 5.52. The summed E-state index contributed by atoms with van der Waals surface area (Å²) >= 11 is 12.0. The summed E-state index contributed by atoms with van der Waals surface area (Å²) < 4.78 is 0. The van der Waals surface area contributed by atoms with Gasteiger partial charge < -0.3 is 5.32 Å². The monoisotopic (exact) mass is 300 g/mol. The van der Waals surface area contributed by atoms with Gasteiger partial charge in [0.15, 0.2) is 0 Å². The van der Waals surface area contributed by atoms with E-state index in [2.05, 4.69) is 24.1 Å². The molecule has 0 saturated carbocycles. The topological polar surface area (TPSA) is 15.3 Å². The quantitative estimate of drug-likeness (QED) is 0.879.